The number of carbonyl (C=O) groups is 1. The zero-order valence-electron chi connectivity index (χ0n) is 11.1. The third kappa shape index (κ3) is 2.43. The van der Waals surface area contributed by atoms with Crippen molar-refractivity contribution in [2.24, 2.45) is 0 Å². The summed E-state index contributed by atoms with van der Waals surface area (Å²) in [6, 6.07) is 3.89. The molecular weight excluding hydrogens is 324 g/mol. The number of carboxylic acid groups (broad SMARTS) is 1. The number of halogens is 1. The average Bonchev–Trinajstić information content (AvgIpc) is 2.95. The highest BCUT2D eigenvalue weighted by Crippen LogP contribution is 2.26. The molecule has 1 aliphatic rings. The number of rotatable bonds is 3. The van der Waals surface area contributed by atoms with E-state index in [1.807, 2.05) is 12.1 Å². The van der Waals surface area contributed by atoms with Gasteiger partial charge in [-0.3, -0.25) is 4.79 Å². The number of carboxylic acids is 1. The summed E-state index contributed by atoms with van der Waals surface area (Å²) < 4.78 is 2.31. The van der Waals surface area contributed by atoms with Crippen LogP contribution in [0.2, 0.25) is 0 Å². The molecule has 1 N–H and O–H groups in total. The lowest BCUT2D eigenvalue weighted by Gasteiger charge is -2.10. The van der Waals surface area contributed by atoms with Crippen LogP contribution in [-0.4, -0.2) is 50.7 Å². The number of imidazole rings is 1. The van der Waals surface area contributed by atoms with Gasteiger partial charge in [0.15, 0.2) is 5.65 Å². The summed E-state index contributed by atoms with van der Waals surface area (Å²) in [5.74, 6) is -0.464. The van der Waals surface area contributed by atoms with E-state index < -0.39 is 5.97 Å². The Labute approximate surface area is 124 Å². The monoisotopic (exact) mass is 338 g/mol. The molecule has 1 saturated heterocycles. The second-order valence-electron chi connectivity index (χ2n) is 5.20. The Morgan fingerprint density at radius 2 is 2.35 bits per heavy atom. The Morgan fingerprint density at radius 1 is 1.55 bits per heavy atom. The van der Waals surface area contributed by atoms with Gasteiger partial charge in [-0.25, -0.2) is 9.50 Å². The number of fused-ring (bicyclic) bond motifs is 1. The predicted octanol–water partition coefficient (Wildman–Crippen LogP) is 1.54. The van der Waals surface area contributed by atoms with Crippen molar-refractivity contribution in [2.75, 3.05) is 20.1 Å². The van der Waals surface area contributed by atoms with Crippen molar-refractivity contribution in [2.45, 2.75) is 18.8 Å². The molecule has 6 nitrogen and oxygen atoms in total. The van der Waals surface area contributed by atoms with Gasteiger partial charge in [0.05, 0.1) is 17.8 Å². The molecular formula is C13H15BrN4O2. The van der Waals surface area contributed by atoms with Gasteiger partial charge in [0.25, 0.3) is 0 Å². The van der Waals surface area contributed by atoms with Crippen LogP contribution in [0.3, 0.4) is 0 Å². The standard InChI is InChI=1S/C13H15BrN4O2/c1-17-5-4-8(7-17)9-2-3-11-15-10(6-12(19)20)13(14)18(11)16-9/h2-3,8H,4-7H2,1H3,(H,19,20). The second-order valence-corrected chi connectivity index (χ2v) is 5.95. The highest BCUT2D eigenvalue weighted by Gasteiger charge is 2.23. The molecule has 1 unspecified atom stereocenters. The van der Waals surface area contributed by atoms with Crippen molar-refractivity contribution < 1.29 is 9.90 Å². The molecule has 106 valence electrons. The molecule has 3 heterocycles. The quantitative estimate of drug-likeness (QED) is 0.919. The van der Waals surface area contributed by atoms with Crippen LogP contribution in [0.4, 0.5) is 0 Å². The van der Waals surface area contributed by atoms with Gasteiger partial charge in [0.2, 0.25) is 0 Å². The molecule has 1 atom stereocenters. The van der Waals surface area contributed by atoms with Crippen molar-refractivity contribution in [3.8, 4) is 0 Å². The molecule has 0 radical (unpaired) electrons. The number of nitrogens with zero attached hydrogens (tertiary/aromatic N) is 4. The number of hydrogen-bond donors (Lipinski definition) is 1. The lowest BCUT2D eigenvalue weighted by atomic mass is 10.1. The number of likely N-dealkylation sites (tertiary alicyclic amines) is 1. The smallest absolute Gasteiger partial charge is 0.309 e. The maximum atomic E-state index is 10.8. The summed E-state index contributed by atoms with van der Waals surface area (Å²) in [5.41, 5.74) is 2.20. The molecule has 2 aromatic heterocycles. The van der Waals surface area contributed by atoms with Gasteiger partial charge in [0.1, 0.15) is 4.60 Å². The number of likely N-dealkylation sites (N-methyl/N-ethyl adjacent to an activating group) is 1. The molecule has 2 aromatic rings. The van der Waals surface area contributed by atoms with E-state index in [4.69, 9.17) is 5.11 Å². The van der Waals surface area contributed by atoms with Gasteiger partial charge in [0, 0.05) is 12.5 Å². The largest absolute Gasteiger partial charge is 0.481 e. The summed E-state index contributed by atoms with van der Waals surface area (Å²) in [4.78, 5) is 17.4. The maximum absolute atomic E-state index is 10.8. The molecule has 1 aliphatic heterocycles. The zero-order valence-corrected chi connectivity index (χ0v) is 12.7. The van der Waals surface area contributed by atoms with Gasteiger partial charge < -0.3 is 10.0 Å². The molecule has 3 rings (SSSR count). The second kappa shape index (κ2) is 5.14. The van der Waals surface area contributed by atoms with E-state index in [2.05, 4.69) is 38.0 Å². The lowest BCUT2D eigenvalue weighted by Crippen LogP contribution is -2.14. The zero-order chi connectivity index (χ0) is 14.3. The van der Waals surface area contributed by atoms with Crippen molar-refractivity contribution in [3.63, 3.8) is 0 Å². The molecule has 0 saturated carbocycles. The molecule has 7 heteroatoms. The number of aliphatic carboxylic acids is 1. The highest BCUT2D eigenvalue weighted by molar-refractivity contribution is 9.10. The van der Waals surface area contributed by atoms with Crippen LogP contribution >= 0.6 is 15.9 Å². The molecule has 0 aromatic carbocycles. The number of hydrogen-bond acceptors (Lipinski definition) is 4. The van der Waals surface area contributed by atoms with Crippen molar-refractivity contribution in [1.29, 1.82) is 0 Å². The summed E-state index contributed by atoms with van der Waals surface area (Å²) in [5, 5.41) is 13.5. The molecule has 20 heavy (non-hydrogen) atoms. The minimum atomic E-state index is -0.897. The Morgan fingerprint density at radius 3 is 3.00 bits per heavy atom. The Kier molecular flexibility index (Phi) is 3.47. The van der Waals surface area contributed by atoms with Gasteiger partial charge in [-0.1, -0.05) is 0 Å². The lowest BCUT2D eigenvalue weighted by molar-refractivity contribution is -0.136. The Hall–Kier alpha value is -1.47. The number of aromatic nitrogens is 3. The van der Waals surface area contributed by atoms with E-state index in [1.165, 1.54) is 0 Å². The third-order valence-corrected chi connectivity index (χ3v) is 4.43. The summed E-state index contributed by atoms with van der Waals surface area (Å²) in [6.07, 6.45) is 0.995. The van der Waals surface area contributed by atoms with Gasteiger partial charge in [-0.2, -0.15) is 5.10 Å². The Balaban J connectivity index is 1.98. The fourth-order valence-electron chi connectivity index (χ4n) is 2.62. The molecule has 0 aliphatic carbocycles. The first-order valence-corrected chi connectivity index (χ1v) is 7.28. The van der Waals surface area contributed by atoms with E-state index in [0.29, 0.717) is 21.9 Å². The van der Waals surface area contributed by atoms with Crippen LogP contribution in [0, 0.1) is 0 Å². The van der Waals surface area contributed by atoms with Crippen LogP contribution < -0.4 is 0 Å². The molecule has 0 bridgehead atoms. The van der Waals surface area contributed by atoms with Crippen LogP contribution in [0.1, 0.15) is 23.7 Å². The topological polar surface area (TPSA) is 70.7 Å². The first-order chi connectivity index (χ1) is 9.54. The summed E-state index contributed by atoms with van der Waals surface area (Å²) in [6.45, 7) is 2.09. The third-order valence-electron chi connectivity index (χ3n) is 3.64. The Bertz CT molecular complexity index is 670. The van der Waals surface area contributed by atoms with Crippen LogP contribution in [0.15, 0.2) is 16.7 Å². The van der Waals surface area contributed by atoms with Gasteiger partial charge >= 0.3 is 5.97 Å². The SMILES string of the molecule is CN1CCC(c2ccc3nc(CC(=O)O)c(Br)n3n2)C1. The first kappa shape index (κ1) is 13.5. The van der Waals surface area contributed by atoms with E-state index >= 15 is 0 Å². The van der Waals surface area contributed by atoms with E-state index in [1.54, 1.807) is 4.52 Å². The average molecular weight is 339 g/mol. The van der Waals surface area contributed by atoms with Crippen LogP contribution in [0.5, 0.6) is 0 Å². The highest BCUT2D eigenvalue weighted by atomic mass is 79.9. The van der Waals surface area contributed by atoms with Gasteiger partial charge in [-0.15, -0.1) is 0 Å². The molecule has 0 spiro atoms. The van der Waals surface area contributed by atoms with E-state index in [0.717, 1.165) is 25.2 Å². The summed E-state index contributed by atoms with van der Waals surface area (Å²) in [7, 11) is 2.11. The first-order valence-electron chi connectivity index (χ1n) is 6.49. The van der Waals surface area contributed by atoms with Crippen molar-refractivity contribution in [1.82, 2.24) is 19.5 Å². The molecule has 1 fully saturated rings. The van der Waals surface area contributed by atoms with Gasteiger partial charge in [-0.05, 0) is 48.1 Å². The normalized spacial score (nSPS) is 19.8. The fraction of sp³-hybridized carbons (Fsp3) is 0.462. The van der Waals surface area contributed by atoms with Crippen molar-refractivity contribution in [3.05, 3.63) is 28.1 Å². The van der Waals surface area contributed by atoms with Crippen LogP contribution in [0.25, 0.3) is 5.65 Å². The van der Waals surface area contributed by atoms with E-state index in [9.17, 15) is 4.79 Å². The van der Waals surface area contributed by atoms with E-state index in [-0.39, 0.29) is 6.42 Å². The molecule has 0 amide bonds. The van der Waals surface area contributed by atoms with Crippen molar-refractivity contribution >= 4 is 27.5 Å². The summed E-state index contributed by atoms with van der Waals surface area (Å²) >= 11 is 3.40. The van der Waals surface area contributed by atoms with Crippen LogP contribution in [-0.2, 0) is 11.2 Å². The fourth-order valence-corrected chi connectivity index (χ4v) is 3.11. The maximum Gasteiger partial charge on any atom is 0.309 e. The minimum Gasteiger partial charge on any atom is -0.481 e. The predicted molar refractivity (Wildman–Crippen MR) is 76.9 cm³/mol. The minimum absolute atomic E-state index is 0.106.